The van der Waals surface area contributed by atoms with Gasteiger partial charge in [0.2, 0.25) is 17.7 Å². The first-order chi connectivity index (χ1) is 17.6. The summed E-state index contributed by atoms with van der Waals surface area (Å²) in [5.74, 6) is 1.02. The molecule has 180 valence electrons. The molecule has 9 heteroatoms. The van der Waals surface area contributed by atoms with Crippen molar-refractivity contribution in [3.05, 3.63) is 102 Å². The fourth-order valence-electron chi connectivity index (χ4n) is 3.45. The maximum absolute atomic E-state index is 13.1. The quantitative estimate of drug-likeness (QED) is 0.174. The van der Waals surface area contributed by atoms with E-state index in [9.17, 15) is 4.79 Å². The molecule has 0 saturated carbocycles. The summed E-state index contributed by atoms with van der Waals surface area (Å²) in [7, 11) is 0. The van der Waals surface area contributed by atoms with Gasteiger partial charge in [-0.15, -0.1) is 32.2 Å². The molecule has 0 unspecified atom stereocenters. The molecule has 0 aliphatic heterocycles. The molecule has 0 N–H and O–H groups in total. The van der Waals surface area contributed by atoms with Gasteiger partial charge < -0.3 is 13.6 Å². The number of ether oxygens (including phenoxy) is 1. The van der Waals surface area contributed by atoms with Crippen LogP contribution in [0.4, 0.5) is 0 Å². The lowest BCUT2D eigenvalue weighted by Gasteiger charge is -2.13. The number of rotatable bonds is 8. The lowest BCUT2D eigenvalue weighted by molar-refractivity contribution is 0.0275. The summed E-state index contributed by atoms with van der Waals surface area (Å²) >= 11 is 1.44. The molecule has 3 aromatic carbocycles. The van der Waals surface area contributed by atoms with Crippen LogP contribution < -0.4 is 0 Å². The Labute approximate surface area is 211 Å². The second-order valence-corrected chi connectivity index (χ2v) is 9.31. The van der Waals surface area contributed by atoms with E-state index in [0.29, 0.717) is 23.2 Å². The molecule has 0 fully saturated rings. The molecule has 2 heterocycles. The molecule has 0 aliphatic rings. The summed E-state index contributed by atoms with van der Waals surface area (Å²) in [6.45, 7) is 3.64. The number of carbonyl (C=O) groups is 1. The number of esters is 1. The van der Waals surface area contributed by atoms with Crippen molar-refractivity contribution in [1.82, 2.24) is 20.4 Å². The van der Waals surface area contributed by atoms with E-state index in [1.54, 1.807) is 19.1 Å². The first kappa shape index (κ1) is 23.5. The number of nitrogens with zero attached hydrogens (tertiary/aromatic N) is 4. The van der Waals surface area contributed by atoms with Crippen LogP contribution in [-0.4, -0.2) is 26.4 Å². The van der Waals surface area contributed by atoms with E-state index in [1.165, 1.54) is 11.8 Å². The Balaban J connectivity index is 1.28. The van der Waals surface area contributed by atoms with Crippen molar-refractivity contribution in [2.45, 2.75) is 30.1 Å². The predicted molar refractivity (Wildman–Crippen MR) is 134 cm³/mol. The first-order valence-electron chi connectivity index (χ1n) is 11.3. The zero-order chi connectivity index (χ0) is 24.9. The van der Waals surface area contributed by atoms with Crippen molar-refractivity contribution < 1.29 is 18.4 Å². The van der Waals surface area contributed by atoms with E-state index in [0.717, 1.165) is 16.0 Å². The number of benzene rings is 3. The number of hydrogen-bond acceptors (Lipinski definition) is 9. The van der Waals surface area contributed by atoms with Crippen molar-refractivity contribution in [1.29, 1.82) is 0 Å². The van der Waals surface area contributed by atoms with Crippen LogP contribution in [-0.2, 0) is 4.74 Å². The van der Waals surface area contributed by atoms with Gasteiger partial charge in [-0.1, -0.05) is 48.5 Å². The summed E-state index contributed by atoms with van der Waals surface area (Å²) in [6.07, 6.45) is -0.720. The molecular formula is C27H22N4O4S. The topological polar surface area (TPSA) is 104 Å². The lowest BCUT2D eigenvalue weighted by atomic mass is 10.2. The van der Waals surface area contributed by atoms with Gasteiger partial charge in [0.15, 0.2) is 6.10 Å². The highest BCUT2D eigenvalue weighted by atomic mass is 32.2. The highest BCUT2D eigenvalue weighted by Crippen LogP contribution is 2.37. The third-order valence-electron chi connectivity index (χ3n) is 5.31. The summed E-state index contributed by atoms with van der Waals surface area (Å²) in [6, 6.07) is 26.2. The molecule has 36 heavy (non-hydrogen) atoms. The molecule has 0 saturated heterocycles. The van der Waals surface area contributed by atoms with Crippen LogP contribution in [0.5, 0.6) is 0 Å². The maximum Gasteiger partial charge on any atom is 0.340 e. The smallest absolute Gasteiger partial charge is 0.340 e. The van der Waals surface area contributed by atoms with E-state index in [2.05, 4.69) is 20.4 Å². The largest absolute Gasteiger partial charge is 0.449 e. The van der Waals surface area contributed by atoms with Gasteiger partial charge in [0.05, 0.1) is 10.8 Å². The molecule has 0 bridgehead atoms. The molecule has 2 atom stereocenters. The van der Waals surface area contributed by atoms with Gasteiger partial charge in [-0.25, -0.2) is 4.79 Å². The van der Waals surface area contributed by atoms with Gasteiger partial charge in [0.25, 0.3) is 5.89 Å². The van der Waals surface area contributed by atoms with E-state index < -0.39 is 12.1 Å². The van der Waals surface area contributed by atoms with Crippen LogP contribution in [0.1, 0.15) is 47.3 Å². The number of thioether (sulfide) groups is 1. The number of carbonyl (C=O) groups excluding carboxylic acids is 1. The molecule has 0 radical (unpaired) electrons. The Bertz CT molecular complexity index is 1450. The summed E-state index contributed by atoms with van der Waals surface area (Å²) in [5, 5.41) is 16.3. The van der Waals surface area contributed by atoms with Gasteiger partial charge in [-0.2, -0.15) is 0 Å². The van der Waals surface area contributed by atoms with Crippen LogP contribution in [0, 0.1) is 0 Å². The molecule has 5 rings (SSSR count). The van der Waals surface area contributed by atoms with Gasteiger partial charge in [0.1, 0.15) is 0 Å². The summed E-state index contributed by atoms with van der Waals surface area (Å²) in [5.41, 5.74) is 2.07. The molecular weight excluding hydrogens is 476 g/mol. The van der Waals surface area contributed by atoms with Crippen molar-refractivity contribution in [2.24, 2.45) is 0 Å². The van der Waals surface area contributed by atoms with E-state index in [-0.39, 0.29) is 11.1 Å². The monoisotopic (exact) mass is 498 g/mol. The Morgan fingerprint density at radius 1 is 0.722 bits per heavy atom. The zero-order valence-corrected chi connectivity index (χ0v) is 20.4. The highest BCUT2D eigenvalue weighted by Gasteiger charge is 2.24. The van der Waals surface area contributed by atoms with Gasteiger partial charge in [-0.3, -0.25) is 0 Å². The minimum absolute atomic E-state index is 0.189. The average Bonchev–Trinajstić information content (AvgIpc) is 3.61. The average molecular weight is 499 g/mol. The Hall–Kier alpha value is -4.24. The van der Waals surface area contributed by atoms with E-state index >= 15 is 0 Å². The predicted octanol–water partition coefficient (Wildman–Crippen LogP) is 6.56. The Morgan fingerprint density at radius 2 is 1.25 bits per heavy atom. The Morgan fingerprint density at radius 3 is 1.89 bits per heavy atom. The zero-order valence-electron chi connectivity index (χ0n) is 19.6. The molecule has 2 aromatic heterocycles. The second-order valence-electron chi connectivity index (χ2n) is 7.93. The highest BCUT2D eigenvalue weighted by molar-refractivity contribution is 7.99. The Kier molecular flexibility index (Phi) is 6.90. The van der Waals surface area contributed by atoms with Crippen molar-refractivity contribution >= 4 is 17.7 Å². The van der Waals surface area contributed by atoms with Gasteiger partial charge >= 0.3 is 5.97 Å². The van der Waals surface area contributed by atoms with Crippen LogP contribution in [0.25, 0.3) is 22.9 Å². The van der Waals surface area contributed by atoms with Crippen LogP contribution in [0.15, 0.2) is 98.7 Å². The summed E-state index contributed by atoms with van der Waals surface area (Å²) in [4.78, 5) is 13.8. The summed E-state index contributed by atoms with van der Waals surface area (Å²) < 4.78 is 17.3. The number of aromatic nitrogens is 4. The first-order valence-corrected chi connectivity index (χ1v) is 12.2. The van der Waals surface area contributed by atoms with Crippen LogP contribution >= 0.6 is 11.8 Å². The van der Waals surface area contributed by atoms with Gasteiger partial charge in [-0.05, 0) is 50.2 Å². The molecule has 0 spiro atoms. The fourth-order valence-corrected chi connectivity index (χ4v) is 4.46. The molecule has 0 amide bonds. The minimum Gasteiger partial charge on any atom is -0.449 e. The van der Waals surface area contributed by atoms with Crippen LogP contribution in [0.2, 0.25) is 0 Å². The fraction of sp³-hybridized carbons (Fsp3) is 0.148. The maximum atomic E-state index is 13.1. The van der Waals surface area contributed by atoms with E-state index in [1.807, 2.05) is 79.7 Å². The van der Waals surface area contributed by atoms with Crippen LogP contribution in [0.3, 0.4) is 0 Å². The molecule has 8 nitrogen and oxygen atoms in total. The SMILES string of the molecule is C[C@@H](OC(=O)c1ccccc1S[C@H](C)c1nnc(-c2ccccc2)o1)c1nnc(-c2ccccc2)o1. The lowest BCUT2D eigenvalue weighted by Crippen LogP contribution is -2.11. The minimum atomic E-state index is -0.720. The van der Waals surface area contributed by atoms with Crippen molar-refractivity contribution in [3.63, 3.8) is 0 Å². The second kappa shape index (κ2) is 10.6. The third-order valence-corrected chi connectivity index (χ3v) is 6.48. The standard InChI is InChI=1S/C27H22N4O4S/c1-17(23-28-30-25(34-23)19-11-5-3-6-12-19)33-27(32)21-15-9-10-16-22(21)36-18(2)24-29-31-26(35-24)20-13-7-4-8-14-20/h3-18H,1-2H3/t17-,18-/m1/s1. The van der Waals surface area contributed by atoms with Crippen molar-refractivity contribution in [3.8, 4) is 22.9 Å². The van der Waals surface area contributed by atoms with Gasteiger partial charge in [0, 0.05) is 16.0 Å². The number of hydrogen-bond donors (Lipinski definition) is 0. The normalized spacial score (nSPS) is 12.7. The third kappa shape index (κ3) is 5.21. The molecule has 5 aromatic rings. The van der Waals surface area contributed by atoms with Crippen molar-refractivity contribution in [2.75, 3.05) is 0 Å². The van der Waals surface area contributed by atoms with E-state index in [4.69, 9.17) is 13.6 Å². The molecule has 0 aliphatic carbocycles.